The molecule has 2 N–H and O–H groups in total. The number of unbranched alkanes of at least 4 members (excludes halogenated alkanes) is 1. The number of hydrogen-bond acceptors (Lipinski definition) is 2. The molecule has 3 heteroatoms. The quantitative estimate of drug-likeness (QED) is 0.620. The average Bonchev–Trinajstić information content (AvgIpc) is 2.28. The molecule has 0 amide bonds. The molecule has 0 bridgehead atoms. The summed E-state index contributed by atoms with van der Waals surface area (Å²) >= 11 is 3.38. The Morgan fingerprint density at radius 2 is 2.31 bits per heavy atom. The molecule has 0 radical (unpaired) electrons. The average molecular weight is 282 g/mol. The van der Waals surface area contributed by atoms with Gasteiger partial charge in [-0.05, 0) is 30.7 Å². The van der Waals surface area contributed by atoms with E-state index >= 15 is 0 Å². The molecule has 0 aliphatic heterocycles. The maximum atomic E-state index is 9.88. The van der Waals surface area contributed by atoms with Crippen LogP contribution in [-0.4, -0.2) is 18.2 Å². The van der Waals surface area contributed by atoms with Crippen LogP contribution in [0.4, 0.5) is 0 Å². The predicted octanol–water partition coefficient (Wildman–Crippen LogP) is 2.49. The van der Waals surface area contributed by atoms with Crippen molar-refractivity contribution in [3.63, 3.8) is 0 Å². The van der Waals surface area contributed by atoms with Crippen molar-refractivity contribution in [2.24, 2.45) is 0 Å². The fraction of sp³-hybridized carbons (Fsp3) is 0.385. The van der Waals surface area contributed by atoms with E-state index in [2.05, 4.69) is 27.2 Å². The second-order valence-corrected chi connectivity index (χ2v) is 4.50. The SMILES string of the molecule is C#CCCCNCC(O)c1cccc(Br)c1. The monoisotopic (exact) mass is 281 g/mol. The molecule has 1 atom stereocenters. The number of halogens is 1. The van der Waals surface area contributed by atoms with E-state index in [0.717, 1.165) is 29.4 Å². The molecule has 0 fully saturated rings. The van der Waals surface area contributed by atoms with Gasteiger partial charge in [-0.1, -0.05) is 28.1 Å². The van der Waals surface area contributed by atoms with Gasteiger partial charge in [-0.25, -0.2) is 0 Å². The molecule has 0 aliphatic carbocycles. The Morgan fingerprint density at radius 1 is 1.50 bits per heavy atom. The molecule has 16 heavy (non-hydrogen) atoms. The summed E-state index contributed by atoms with van der Waals surface area (Å²) in [7, 11) is 0. The summed E-state index contributed by atoms with van der Waals surface area (Å²) in [5.41, 5.74) is 0.916. The van der Waals surface area contributed by atoms with Gasteiger partial charge in [0.25, 0.3) is 0 Å². The van der Waals surface area contributed by atoms with E-state index < -0.39 is 6.10 Å². The normalized spacial score (nSPS) is 12.1. The number of nitrogens with one attached hydrogen (secondary N) is 1. The zero-order valence-corrected chi connectivity index (χ0v) is 10.7. The van der Waals surface area contributed by atoms with Gasteiger partial charge in [0.2, 0.25) is 0 Å². The molecule has 0 saturated carbocycles. The van der Waals surface area contributed by atoms with E-state index in [1.807, 2.05) is 24.3 Å². The van der Waals surface area contributed by atoms with Crippen LogP contribution in [0.25, 0.3) is 0 Å². The first-order chi connectivity index (χ1) is 7.74. The lowest BCUT2D eigenvalue weighted by atomic mass is 10.1. The molecule has 86 valence electrons. The number of aliphatic hydroxyl groups is 1. The molecule has 1 aromatic carbocycles. The number of hydrogen-bond donors (Lipinski definition) is 2. The van der Waals surface area contributed by atoms with Gasteiger partial charge in [-0.2, -0.15) is 0 Å². The molecule has 1 aromatic rings. The summed E-state index contributed by atoms with van der Waals surface area (Å²) in [6.07, 6.45) is 6.40. The number of aliphatic hydroxyl groups excluding tert-OH is 1. The Kier molecular flexibility index (Phi) is 6.17. The first-order valence-corrected chi connectivity index (χ1v) is 6.11. The van der Waals surface area contributed by atoms with Crippen LogP contribution in [0.3, 0.4) is 0 Å². The fourth-order valence-electron chi connectivity index (χ4n) is 1.39. The lowest BCUT2D eigenvalue weighted by Gasteiger charge is -2.12. The van der Waals surface area contributed by atoms with Crippen LogP contribution in [0.1, 0.15) is 24.5 Å². The standard InChI is InChI=1S/C13H16BrNO/c1-2-3-4-8-15-10-13(16)11-6-5-7-12(14)9-11/h1,5-7,9,13,15-16H,3-4,8,10H2. The number of rotatable bonds is 6. The van der Waals surface area contributed by atoms with Crippen LogP contribution >= 0.6 is 15.9 Å². The Balaban J connectivity index is 2.30. The van der Waals surface area contributed by atoms with Gasteiger partial charge in [0.15, 0.2) is 0 Å². The van der Waals surface area contributed by atoms with Gasteiger partial charge in [-0.3, -0.25) is 0 Å². The third-order valence-corrected chi connectivity index (χ3v) is 2.74. The van der Waals surface area contributed by atoms with Crippen molar-refractivity contribution < 1.29 is 5.11 Å². The predicted molar refractivity (Wildman–Crippen MR) is 70.0 cm³/mol. The molecule has 2 nitrogen and oxygen atoms in total. The van der Waals surface area contributed by atoms with Crippen molar-refractivity contribution in [1.82, 2.24) is 5.32 Å². The highest BCUT2D eigenvalue weighted by Crippen LogP contribution is 2.17. The number of benzene rings is 1. The van der Waals surface area contributed by atoms with E-state index in [0.29, 0.717) is 6.54 Å². The molecular formula is C13H16BrNO. The zero-order valence-electron chi connectivity index (χ0n) is 9.12. The maximum absolute atomic E-state index is 9.88. The third kappa shape index (κ3) is 4.80. The van der Waals surface area contributed by atoms with E-state index in [4.69, 9.17) is 6.42 Å². The molecule has 0 aliphatic rings. The van der Waals surface area contributed by atoms with Crippen LogP contribution in [0.5, 0.6) is 0 Å². The van der Waals surface area contributed by atoms with Gasteiger partial charge >= 0.3 is 0 Å². The molecule has 0 heterocycles. The van der Waals surface area contributed by atoms with Gasteiger partial charge in [0.1, 0.15) is 0 Å². The van der Waals surface area contributed by atoms with Crippen molar-refractivity contribution in [1.29, 1.82) is 0 Å². The lowest BCUT2D eigenvalue weighted by Crippen LogP contribution is -2.22. The smallest absolute Gasteiger partial charge is 0.0914 e. The van der Waals surface area contributed by atoms with Crippen molar-refractivity contribution in [2.75, 3.05) is 13.1 Å². The first kappa shape index (κ1) is 13.2. The van der Waals surface area contributed by atoms with Gasteiger partial charge < -0.3 is 10.4 Å². The van der Waals surface area contributed by atoms with Crippen LogP contribution in [0, 0.1) is 12.3 Å². The largest absolute Gasteiger partial charge is 0.387 e. The Hall–Kier alpha value is -0.820. The van der Waals surface area contributed by atoms with Gasteiger partial charge in [0.05, 0.1) is 6.10 Å². The molecular weight excluding hydrogens is 266 g/mol. The second-order valence-electron chi connectivity index (χ2n) is 3.58. The van der Waals surface area contributed by atoms with E-state index in [1.54, 1.807) is 0 Å². The van der Waals surface area contributed by atoms with Gasteiger partial charge in [0, 0.05) is 17.4 Å². The minimum atomic E-state index is -0.469. The van der Waals surface area contributed by atoms with Crippen molar-refractivity contribution >= 4 is 15.9 Å². The minimum absolute atomic E-state index is 0.469. The Bertz CT molecular complexity index is 359. The van der Waals surface area contributed by atoms with Gasteiger partial charge in [-0.15, -0.1) is 12.3 Å². The summed E-state index contributed by atoms with van der Waals surface area (Å²) in [4.78, 5) is 0. The summed E-state index contributed by atoms with van der Waals surface area (Å²) in [6.45, 7) is 1.40. The highest BCUT2D eigenvalue weighted by atomic mass is 79.9. The summed E-state index contributed by atoms with van der Waals surface area (Å²) in [6, 6.07) is 7.70. The molecule has 1 unspecified atom stereocenters. The number of terminal acetylenes is 1. The highest BCUT2D eigenvalue weighted by molar-refractivity contribution is 9.10. The second kappa shape index (κ2) is 7.45. The van der Waals surface area contributed by atoms with Crippen molar-refractivity contribution in [3.8, 4) is 12.3 Å². The zero-order chi connectivity index (χ0) is 11.8. The maximum Gasteiger partial charge on any atom is 0.0914 e. The summed E-state index contributed by atoms with van der Waals surface area (Å²) in [5, 5.41) is 13.1. The van der Waals surface area contributed by atoms with Crippen molar-refractivity contribution in [3.05, 3.63) is 34.3 Å². The molecule has 1 rings (SSSR count). The van der Waals surface area contributed by atoms with E-state index in [9.17, 15) is 5.11 Å². The first-order valence-electron chi connectivity index (χ1n) is 5.31. The fourth-order valence-corrected chi connectivity index (χ4v) is 1.80. The topological polar surface area (TPSA) is 32.3 Å². The minimum Gasteiger partial charge on any atom is -0.387 e. The van der Waals surface area contributed by atoms with E-state index in [-0.39, 0.29) is 0 Å². The van der Waals surface area contributed by atoms with Crippen LogP contribution in [-0.2, 0) is 0 Å². The highest BCUT2D eigenvalue weighted by Gasteiger charge is 2.06. The molecule has 0 spiro atoms. The summed E-state index contributed by atoms with van der Waals surface area (Å²) < 4.78 is 0.983. The van der Waals surface area contributed by atoms with Crippen molar-refractivity contribution in [2.45, 2.75) is 18.9 Å². The molecule has 0 aromatic heterocycles. The molecule has 0 saturated heterocycles. The third-order valence-electron chi connectivity index (χ3n) is 2.25. The lowest BCUT2D eigenvalue weighted by molar-refractivity contribution is 0.175. The Morgan fingerprint density at radius 3 is 3.00 bits per heavy atom. The Labute approximate surface area is 105 Å². The van der Waals surface area contributed by atoms with Crippen LogP contribution in [0.15, 0.2) is 28.7 Å². The van der Waals surface area contributed by atoms with E-state index in [1.165, 1.54) is 0 Å². The summed E-state index contributed by atoms with van der Waals surface area (Å²) in [5.74, 6) is 2.59. The van der Waals surface area contributed by atoms with Crippen LogP contribution in [0.2, 0.25) is 0 Å². The van der Waals surface area contributed by atoms with Crippen LogP contribution < -0.4 is 5.32 Å².